The van der Waals surface area contributed by atoms with Gasteiger partial charge in [-0.1, -0.05) is 19.0 Å². The van der Waals surface area contributed by atoms with E-state index in [0.717, 1.165) is 5.82 Å². The number of rotatable bonds is 1. The van der Waals surface area contributed by atoms with Crippen LogP contribution < -0.4 is 0 Å². The molecule has 0 aliphatic rings. The van der Waals surface area contributed by atoms with E-state index in [0.29, 0.717) is 10.8 Å². The van der Waals surface area contributed by atoms with Crippen LogP contribution in [0.2, 0.25) is 0 Å². The third-order valence-corrected chi connectivity index (χ3v) is 1.70. The molecule has 0 amide bonds. The lowest BCUT2D eigenvalue weighted by Gasteiger charge is -1.99. The molecule has 4 heteroatoms. The fourth-order valence-electron chi connectivity index (χ4n) is 0.795. The average molecular weight is 158 g/mol. The fraction of sp³-hybridized carbons (Fsp3) is 0.667. The van der Waals surface area contributed by atoms with E-state index < -0.39 is 0 Å². The molecule has 1 heterocycles. The van der Waals surface area contributed by atoms with Gasteiger partial charge in [-0.15, -0.1) is 0 Å². The van der Waals surface area contributed by atoms with E-state index >= 15 is 0 Å². The molecule has 0 fully saturated rings. The minimum atomic E-state index is 0.366. The van der Waals surface area contributed by atoms with Crippen molar-refractivity contribution in [2.24, 2.45) is 7.05 Å². The van der Waals surface area contributed by atoms with Crippen LogP contribution in [0.3, 0.4) is 0 Å². The highest BCUT2D eigenvalue weighted by molar-refractivity contribution is 7.71. The molecule has 1 aromatic heterocycles. The fourth-order valence-corrected chi connectivity index (χ4v) is 0.925. The van der Waals surface area contributed by atoms with Gasteiger partial charge in [0.2, 0.25) is 0 Å². The standard InChI is InChI=1S/C6H10N2OS/c1-4(2)5-7-9-6(10)8(5)3/h4H,1-3H3. The van der Waals surface area contributed by atoms with Gasteiger partial charge in [0.05, 0.1) is 0 Å². The van der Waals surface area contributed by atoms with E-state index in [1.54, 1.807) is 4.57 Å². The SMILES string of the molecule is CC(C)c1noc(=S)n1C. The van der Waals surface area contributed by atoms with Gasteiger partial charge < -0.3 is 4.52 Å². The summed E-state index contributed by atoms with van der Waals surface area (Å²) in [5.41, 5.74) is 0. The molecule has 0 N–H and O–H groups in total. The van der Waals surface area contributed by atoms with Gasteiger partial charge in [-0.3, -0.25) is 4.57 Å². The first-order chi connectivity index (χ1) is 4.63. The van der Waals surface area contributed by atoms with E-state index in [-0.39, 0.29) is 0 Å². The predicted molar refractivity (Wildman–Crippen MR) is 40.4 cm³/mol. The summed E-state index contributed by atoms with van der Waals surface area (Å²) in [6.45, 7) is 4.10. The van der Waals surface area contributed by atoms with Crippen molar-refractivity contribution in [1.29, 1.82) is 0 Å². The summed E-state index contributed by atoms with van der Waals surface area (Å²) in [5, 5.41) is 3.80. The van der Waals surface area contributed by atoms with Crippen LogP contribution in [0.25, 0.3) is 0 Å². The summed E-state index contributed by atoms with van der Waals surface area (Å²) in [7, 11) is 1.86. The Kier molecular flexibility index (Phi) is 1.89. The Balaban J connectivity index is 3.18. The van der Waals surface area contributed by atoms with Crippen LogP contribution in [0.1, 0.15) is 25.6 Å². The van der Waals surface area contributed by atoms with Gasteiger partial charge in [-0.25, -0.2) is 0 Å². The van der Waals surface area contributed by atoms with Crippen molar-refractivity contribution in [3.05, 3.63) is 10.7 Å². The molecule has 0 saturated heterocycles. The summed E-state index contributed by atoms with van der Waals surface area (Å²) < 4.78 is 6.56. The minimum Gasteiger partial charge on any atom is -0.324 e. The van der Waals surface area contributed by atoms with Gasteiger partial charge in [-0.2, -0.15) is 0 Å². The molecule has 1 aromatic rings. The van der Waals surface area contributed by atoms with Gasteiger partial charge in [0.25, 0.3) is 4.84 Å². The van der Waals surface area contributed by atoms with Crippen molar-refractivity contribution in [2.45, 2.75) is 19.8 Å². The van der Waals surface area contributed by atoms with Crippen LogP contribution in [0, 0.1) is 4.84 Å². The molecule has 10 heavy (non-hydrogen) atoms. The molecule has 0 aliphatic carbocycles. The highest BCUT2D eigenvalue weighted by atomic mass is 32.1. The zero-order valence-electron chi connectivity index (χ0n) is 6.29. The zero-order chi connectivity index (χ0) is 7.72. The van der Waals surface area contributed by atoms with Crippen LogP contribution in [0.5, 0.6) is 0 Å². The van der Waals surface area contributed by atoms with Gasteiger partial charge >= 0.3 is 0 Å². The van der Waals surface area contributed by atoms with Gasteiger partial charge in [0, 0.05) is 13.0 Å². The van der Waals surface area contributed by atoms with Crippen LogP contribution in [0.15, 0.2) is 4.52 Å². The zero-order valence-corrected chi connectivity index (χ0v) is 7.10. The third kappa shape index (κ3) is 1.11. The Morgan fingerprint density at radius 2 is 2.20 bits per heavy atom. The molecule has 1 rings (SSSR count). The van der Waals surface area contributed by atoms with Crippen molar-refractivity contribution in [2.75, 3.05) is 0 Å². The lowest BCUT2D eigenvalue weighted by molar-refractivity contribution is 0.393. The van der Waals surface area contributed by atoms with Crippen molar-refractivity contribution in [1.82, 2.24) is 9.72 Å². The first-order valence-corrected chi connectivity index (χ1v) is 3.56. The second-order valence-electron chi connectivity index (χ2n) is 2.52. The van der Waals surface area contributed by atoms with Gasteiger partial charge in [-0.05, 0) is 12.2 Å². The van der Waals surface area contributed by atoms with Crippen LogP contribution in [-0.2, 0) is 7.05 Å². The molecule has 0 radical (unpaired) electrons. The quantitative estimate of drug-likeness (QED) is 0.584. The molecular formula is C6H10N2OS. The van der Waals surface area contributed by atoms with Crippen LogP contribution >= 0.6 is 12.2 Å². The first kappa shape index (κ1) is 7.47. The molecule has 0 bridgehead atoms. The molecule has 0 atom stereocenters. The molecule has 0 spiro atoms. The van der Waals surface area contributed by atoms with E-state index in [2.05, 4.69) is 5.16 Å². The molecule has 0 saturated carbocycles. The van der Waals surface area contributed by atoms with E-state index in [1.165, 1.54) is 0 Å². The topological polar surface area (TPSA) is 31.0 Å². The number of aromatic nitrogens is 2. The normalized spacial score (nSPS) is 10.8. The summed E-state index contributed by atoms with van der Waals surface area (Å²) >= 11 is 4.83. The Hall–Kier alpha value is -0.640. The maximum absolute atomic E-state index is 4.83. The Bertz CT molecular complexity index is 274. The maximum atomic E-state index is 4.83. The van der Waals surface area contributed by atoms with Crippen molar-refractivity contribution >= 4 is 12.2 Å². The number of hydrogen-bond donors (Lipinski definition) is 0. The minimum absolute atomic E-state index is 0.366. The number of hydrogen-bond acceptors (Lipinski definition) is 3. The van der Waals surface area contributed by atoms with Crippen molar-refractivity contribution in [3.63, 3.8) is 0 Å². The smallest absolute Gasteiger partial charge is 0.297 e. The molecule has 0 aliphatic heterocycles. The Labute approximate surface area is 64.6 Å². The summed E-state index contributed by atoms with van der Waals surface area (Å²) in [5.74, 6) is 1.26. The van der Waals surface area contributed by atoms with Crippen LogP contribution in [0.4, 0.5) is 0 Å². The van der Waals surface area contributed by atoms with E-state index in [4.69, 9.17) is 16.7 Å². The summed E-state index contributed by atoms with van der Waals surface area (Å²) in [6.07, 6.45) is 0. The number of nitrogens with zero attached hydrogens (tertiary/aromatic N) is 2. The van der Waals surface area contributed by atoms with E-state index in [1.807, 2.05) is 20.9 Å². The van der Waals surface area contributed by atoms with Crippen molar-refractivity contribution < 1.29 is 4.52 Å². The predicted octanol–water partition coefficient (Wildman–Crippen LogP) is 1.87. The van der Waals surface area contributed by atoms with Crippen molar-refractivity contribution in [3.8, 4) is 0 Å². The summed E-state index contributed by atoms with van der Waals surface area (Å²) in [4.78, 5) is 0.434. The highest BCUT2D eigenvalue weighted by Gasteiger charge is 2.07. The Morgan fingerprint density at radius 3 is 2.40 bits per heavy atom. The molecular weight excluding hydrogens is 148 g/mol. The lowest BCUT2D eigenvalue weighted by atomic mass is 10.2. The molecule has 0 unspecified atom stereocenters. The second-order valence-corrected chi connectivity index (χ2v) is 2.87. The molecule has 56 valence electrons. The maximum Gasteiger partial charge on any atom is 0.297 e. The van der Waals surface area contributed by atoms with E-state index in [9.17, 15) is 0 Å². The van der Waals surface area contributed by atoms with Gasteiger partial charge in [0.1, 0.15) is 0 Å². The molecule has 0 aromatic carbocycles. The Morgan fingerprint density at radius 1 is 1.60 bits per heavy atom. The average Bonchev–Trinajstić information content (AvgIpc) is 2.14. The first-order valence-electron chi connectivity index (χ1n) is 3.15. The molecule has 3 nitrogen and oxygen atoms in total. The summed E-state index contributed by atoms with van der Waals surface area (Å²) in [6, 6.07) is 0. The third-order valence-electron chi connectivity index (χ3n) is 1.35. The second kappa shape index (κ2) is 2.54. The highest BCUT2D eigenvalue weighted by Crippen LogP contribution is 2.10. The monoisotopic (exact) mass is 158 g/mol. The lowest BCUT2D eigenvalue weighted by Crippen LogP contribution is -1.99. The largest absolute Gasteiger partial charge is 0.324 e. The van der Waals surface area contributed by atoms with Crippen LogP contribution in [-0.4, -0.2) is 9.72 Å². The van der Waals surface area contributed by atoms with Gasteiger partial charge in [0.15, 0.2) is 5.82 Å².